The average Bonchev–Trinajstić information content (AvgIpc) is 2.08. The third kappa shape index (κ3) is 1.68. The van der Waals surface area contributed by atoms with E-state index in [1.165, 1.54) is 19.2 Å². The van der Waals surface area contributed by atoms with Gasteiger partial charge in [0.1, 0.15) is 5.75 Å². The Morgan fingerprint density at radius 1 is 1.58 bits per heavy atom. The molecule has 0 spiro atoms. The van der Waals surface area contributed by atoms with Crippen LogP contribution < -0.4 is 5.32 Å². The number of nitrogens with one attached hydrogen (secondary N) is 1. The van der Waals surface area contributed by atoms with Crippen molar-refractivity contribution in [3.05, 3.63) is 28.8 Å². The van der Waals surface area contributed by atoms with Gasteiger partial charge in [-0.1, -0.05) is 11.6 Å². The highest BCUT2D eigenvalue weighted by atomic mass is 35.5. The number of phenolic OH excluding ortho intramolecular Hbond substituents is 1. The van der Waals surface area contributed by atoms with Gasteiger partial charge < -0.3 is 10.4 Å². The third-order valence-corrected chi connectivity index (χ3v) is 1.75. The standard InChI is InChI=1S/C8H8ClNO2/c1-10-8(12)5-2-3-6(9)7(11)4-5/h2-4,11H,1H3,(H,10,12). The minimum atomic E-state index is -0.248. The van der Waals surface area contributed by atoms with Gasteiger partial charge in [-0.25, -0.2) is 0 Å². The Morgan fingerprint density at radius 2 is 2.25 bits per heavy atom. The van der Waals surface area contributed by atoms with E-state index in [4.69, 9.17) is 16.7 Å². The topological polar surface area (TPSA) is 49.3 Å². The SMILES string of the molecule is CNC(=O)c1ccc(Cl)c(O)c1. The van der Waals surface area contributed by atoms with Crippen LogP contribution in [0.3, 0.4) is 0 Å². The summed E-state index contributed by atoms with van der Waals surface area (Å²) in [6.45, 7) is 0. The number of halogens is 1. The molecular formula is C8H8ClNO2. The second-order valence-electron chi connectivity index (χ2n) is 2.25. The molecule has 1 aromatic carbocycles. The van der Waals surface area contributed by atoms with E-state index in [9.17, 15) is 4.79 Å². The zero-order valence-corrected chi connectivity index (χ0v) is 7.22. The molecule has 0 aliphatic carbocycles. The molecule has 2 N–H and O–H groups in total. The quantitative estimate of drug-likeness (QED) is 0.695. The number of hydrogen-bond donors (Lipinski definition) is 2. The summed E-state index contributed by atoms with van der Waals surface area (Å²) in [7, 11) is 1.52. The van der Waals surface area contributed by atoms with E-state index in [1.54, 1.807) is 6.07 Å². The molecule has 0 aliphatic rings. The van der Waals surface area contributed by atoms with Gasteiger partial charge in [0.15, 0.2) is 0 Å². The van der Waals surface area contributed by atoms with E-state index in [1.807, 2.05) is 0 Å². The highest BCUT2D eigenvalue weighted by Crippen LogP contribution is 2.23. The van der Waals surface area contributed by atoms with Crippen LogP contribution in [0.5, 0.6) is 5.75 Å². The molecule has 0 atom stereocenters. The molecule has 0 heterocycles. The van der Waals surface area contributed by atoms with Gasteiger partial charge in [-0.15, -0.1) is 0 Å². The molecule has 3 nitrogen and oxygen atoms in total. The van der Waals surface area contributed by atoms with Crippen molar-refractivity contribution < 1.29 is 9.90 Å². The van der Waals surface area contributed by atoms with Crippen LogP contribution in [-0.4, -0.2) is 18.1 Å². The molecule has 1 rings (SSSR count). The number of hydrogen-bond acceptors (Lipinski definition) is 2. The molecule has 0 aliphatic heterocycles. The van der Waals surface area contributed by atoms with Gasteiger partial charge >= 0.3 is 0 Å². The summed E-state index contributed by atoms with van der Waals surface area (Å²) in [6, 6.07) is 4.34. The Bertz CT molecular complexity index is 312. The maximum atomic E-state index is 11.0. The lowest BCUT2D eigenvalue weighted by Gasteiger charge is -2.00. The molecule has 0 saturated carbocycles. The fraction of sp³-hybridized carbons (Fsp3) is 0.125. The number of rotatable bonds is 1. The molecule has 1 aromatic rings. The first-order chi connectivity index (χ1) is 5.65. The van der Waals surface area contributed by atoms with Crippen LogP contribution in [0.15, 0.2) is 18.2 Å². The zero-order chi connectivity index (χ0) is 9.14. The van der Waals surface area contributed by atoms with Gasteiger partial charge in [0.25, 0.3) is 5.91 Å². The fourth-order valence-electron chi connectivity index (χ4n) is 0.798. The predicted molar refractivity (Wildman–Crippen MR) is 46.5 cm³/mol. The number of benzene rings is 1. The summed E-state index contributed by atoms with van der Waals surface area (Å²) in [5.74, 6) is -0.334. The van der Waals surface area contributed by atoms with Gasteiger partial charge in [-0.2, -0.15) is 0 Å². The molecule has 0 aromatic heterocycles. The molecule has 1 amide bonds. The Morgan fingerprint density at radius 3 is 2.75 bits per heavy atom. The Hall–Kier alpha value is -1.22. The normalized spacial score (nSPS) is 9.50. The first kappa shape index (κ1) is 8.87. The van der Waals surface area contributed by atoms with Crippen molar-refractivity contribution in [1.82, 2.24) is 5.32 Å². The number of phenols is 1. The highest BCUT2D eigenvalue weighted by molar-refractivity contribution is 6.32. The Labute approximate surface area is 75.0 Å². The summed E-state index contributed by atoms with van der Waals surface area (Å²) in [5, 5.41) is 11.8. The van der Waals surface area contributed by atoms with Crippen molar-refractivity contribution in [3.63, 3.8) is 0 Å². The maximum Gasteiger partial charge on any atom is 0.251 e. The molecule has 0 unspecified atom stereocenters. The molecule has 12 heavy (non-hydrogen) atoms. The molecule has 0 saturated heterocycles. The monoisotopic (exact) mass is 185 g/mol. The smallest absolute Gasteiger partial charge is 0.251 e. The second-order valence-corrected chi connectivity index (χ2v) is 2.65. The van der Waals surface area contributed by atoms with Gasteiger partial charge in [-0.05, 0) is 18.2 Å². The average molecular weight is 186 g/mol. The van der Waals surface area contributed by atoms with Gasteiger partial charge in [-0.3, -0.25) is 4.79 Å². The number of amides is 1. The molecule has 0 bridgehead atoms. The van der Waals surface area contributed by atoms with E-state index in [0.717, 1.165) is 0 Å². The van der Waals surface area contributed by atoms with Crippen molar-refractivity contribution in [2.75, 3.05) is 7.05 Å². The van der Waals surface area contributed by atoms with Gasteiger partial charge in [0.2, 0.25) is 0 Å². The Balaban J connectivity index is 3.05. The predicted octanol–water partition coefficient (Wildman–Crippen LogP) is 1.41. The van der Waals surface area contributed by atoms with Crippen LogP contribution in [0.1, 0.15) is 10.4 Å². The first-order valence-electron chi connectivity index (χ1n) is 3.35. The van der Waals surface area contributed by atoms with Crippen molar-refractivity contribution in [2.24, 2.45) is 0 Å². The van der Waals surface area contributed by atoms with Crippen LogP contribution in [0.2, 0.25) is 5.02 Å². The van der Waals surface area contributed by atoms with E-state index >= 15 is 0 Å². The third-order valence-electron chi connectivity index (χ3n) is 1.44. The van der Waals surface area contributed by atoms with Crippen LogP contribution in [0, 0.1) is 0 Å². The van der Waals surface area contributed by atoms with E-state index in [-0.39, 0.29) is 16.7 Å². The summed E-state index contributed by atoms with van der Waals surface area (Å²) >= 11 is 5.55. The molecular weight excluding hydrogens is 178 g/mol. The van der Waals surface area contributed by atoms with E-state index < -0.39 is 0 Å². The summed E-state index contributed by atoms with van der Waals surface area (Å²) < 4.78 is 0. The summed E-state index contributed by atoms with van der Waals surface area (Å²) in [5.41, 5.74) is 0.388. The van der Waals surface area contributed by atoms with E-state index in [2.05, 4.69) is 5.32 Å². The molecule has 0 radical (unpaired) electrons. The summed E-state index contributed by atoms with van der Waals surface area (Å²) in [6.07, 6.45) is 0. The minimum Gasteiger partial charge on any atom is -0.506 e. The van der Waals surface area contributed by atoms with Crippen LogP contribution in [0.4, 0.5) is 0 Å². The van der Waals surface area contributed by atoms with Gasteiger partial charge in [0, 0.05) is 12.6 Å². The van der Waals surface area contributed by atoms with Crippen molar-refractivity contribution >= 4 is 17.5 Å². The zero-order valence-electron chi connectivity index (χ0n) is 6.47. The van der Waals surface area contributed by atoms with Gasteiger partial charge in [0.05, 0.1) is 5.02 Å². The molecule has 64 valence electrons. The van der Waals surface area contributed by atoms with E-state index in [0.29, 0.717) is 5.56 Å². The summed E-state index contributed by atoms with van der Waals surface area (Å²) in [4.78, 5) is 11.0. The second kappa shape index (κ2) is 3.45. The minimum absolute atomic E-state index is 0.0854. The largest absolute Gasteiger partial charge is 0.506 e. The number of carbonyl (C=O) groups is 1. The van der Waals surface area contributed by atoms with Crippen LogP contribution in [0.25, 0.3) is 0 Å². The Kier molecular flexibility index (Phi) is 2.55. The first-order valence-corrected chi connectivity index (χ1v) is 3.73. The lowest BCUT2D eigenvalue weighted by atomic mass is 10.2. The van der Waals surface area contributed by atoms with Crippen LogP contribution >= 0.6 is 11.6 Å². The van der Waals surface area contributed by atoms with Crippen molar-refractivity contribution in [3.8, 4) is 5.75 Å². The number of carbonyl (C=O) groups excluding carboxylic acids is 1. The molecule has 4 heteroatoms. The van der Waals surface area contributed by atoms with Crippen LogP contribution in [-0.2, 0) is 0 Å². The lowest BCUT2D eigenvalue weighted by molar-refractivity contribution is 0.0962. The molecule has 0 fully saturated rings. The van der Waals surface area contributed by atoms with Crippen molar-refractivity contribution in [1.29, 1.82) is 0 Å². The maximum absolute atomic E-state index is 11.0. The fourth-order valence-corrected chi connectivity index (χ4v) is 0.916. The lowest BCUT2D eigenvalue weighted by Crippen LogP contribution is -2.17. The van der Waals surface area contributed by atoms with Crippen molar-refractivity contribution in [2.45, 2.75) is 0 Å². The highest BCUT2D eigenvalue weighted by Gasteiger charge is 2.05. The number of aromatic hydroxyl groups is 1.